The smallest absolute Gasteiger partial charge is 0.234 e. The molecule has 0 fully saturated rings. The number of thioether (sulfide) groups is 1. The summed E-state index contributed by atoms with van der Waals surface area (Å²) in [7, 11) is 1.62. The van der Waals surface area contributed by atoms with Gasteiger partial charge >= 0.3 is 0 Å². The van der Waals surface area contributed by atoms with Crippen molar-refractivity contribution in [3.8, 4) is 11.8 Å². The SMILES string of the molecule is COc1ccc(Nc2nnc(SCC(=O)Nc3ccc(C#N)cc3)s2)cc1. The van der Waals surface area contributed by atoms with Crippen molar-refractivity contribution >= 4 is 45.5 Å². The van der Waals surface area contributed by atoms with Crippen LogP contribution in [-0.4, -0.2) is 29.0 Å². The molecule has 27 heavy (non-hydrogen) atoms. The van der Waals surface area contributed by atoms with Crippen molar-refractivity contribution in [3.05, 3.63) is 54.1 Å². The van der Waals surface area contributed by atoms with Crippen molar-refractivity contribution in [2.24, 2.45) is 0 Å². The standard InChI is InChI=1S/C18H15N5O2S2/c1-25-15-8-6-14(7-9-15)21-17-22-23-18(27-17)26-11-16(24)20-13-4-2-12(10-19)3-5-13/h2-9H,11H2,1H3,(H,20,24)(H,21,22). The van der Waals surface area contributed by atoms with Gasteiger partial charge in [0.15, 0.2) is 4.34 Å². The largest absolute Gasteiger partial charge is 0.497 e. The Bertz CT molecular complexity index is 949. The van der Waals surface area contributed by atoms with Crippen LogP contribution < -0.4 is 15.4 Å². The first-order valence-electron chi connectivity index (χ1n) is 7.83. The van der Waals surface area contributed by atoms with Crippen LogP contribution >= 0.6 is 23.1 Å². The molecule has 0 bridgehead atoms. The van der Waals surface area contributed by atoms with Gasteiger partial charge in [0.2, 0.25) is 11.0 Å². The van der Waals surface area contributed by atoms with Crippen LogP contribution in [0.15, 0.2) is 52.9 Å². The number of nitrogens with one attached hydrogen (secondary N) is 2. The quantitative estimate of drug-likeness (QED) is 0.583. The molecule has 3 aromatic rings. The molecule has 0 atom stereocenters. The number of hydrogen-bond donors (Lipinski definition) is 2. The molecule has 0 aliphatic heterocycles. The molecular formula is C18H15N5O2S2. The number of benzene rings is 2. The van der Waals surface area contributed by atoms with Crippen molar-refractivity contribution in [2.45, 2.75) is 4.34 Å². The normalized spacial score (nSPS) is 10.1. The second-order valence-corrected chi connectivity index (χ2v) is 7.45. The Morgan fingerprint density at radius 2 is 1.85 bits per heavy atom. The van der Waals surface area contributed by atoms with Crippen LogP contribution in [0.4, 0.5) is 16.5 Å². The summed E-state index contributed by atoms with van der Waals surface area (Å²) in [5.74, 6) is 0.851. The van der Waals surface area contributed by atoms with E-state index in [-0.39, 0.29) is 11.7 Å². The van der Waals surface area contributed by atoms with E-state index in [4.69, 9.17) is 10.00 Å². The Balaban J connectivity index is 1.49. The van der Waals surface area contributed by atoms with Crippen molar-refractivity contribution in [2.75, 3.05) is 23.5 Å². The third-order valence-corrected chi connectivity index (χ3v) is 5.34. The van der Waals surface area contributed by atoms with E-state index >= 15 is 0 Å². The molecule has 0 unspecified atom stereocenters. The summed E-state index contributed by atoms with van der Waals surface area (Å²) < 4.78 is 5.82. The van der Waals surface area contributed by atoms with Gasteiger partial charge in [0.1, 0.15) is 5.75 Å². The molecule has 2 aromatic carbocycles. The van der Waals surface area contributed by atoms with Gasteiger partial charge in [-0.1, -0.05) is 23.1 Å². The first-order valence-corrected chi connectivity index (χ1v) is 9.64. The van der Waals surface area contributed by atoms with E-state index in [9.17, 15) is 4.79 Å². The Hall–Kier alpha value is -3.09. The van der Waals surface area contributed by atoms with Crippen LogP contribution in [0.3, 0.4) is 0 Å². The fraction of sp³-hybridized carbons (Fsp3) is 0.111. The van der Waals surface area contributed by atoms with E-state index in [2.05, 4.69) is 20.8 Å². The minimum Gasteiger partial charge on any atom is -0.497 e. The predicted molar refractivity (Wildman–Crippen MR) is 107 cm³/mol. The summed E-state index contributed by atoms with van der Waals surface area (Å²) in [6.45, 7) is 0. The second-order valence-electron chi connectivity index (χ2n) is 5.25. The van der Waals surface area contributed by atoms with Gasteiger partial charge in [-0.05, 0) is 48.5 Å². The van der Waals surface area contributed by atoms with Crippen molar-refractivity contribution in [3.63, 3.8) is 0 Å². The number of aromatic nitrogens is 2. The number of anilines is 3. The molecule has 3 rings (SSSR count). The lowest BCUT2D eigenvalue weighted by Gasteiger charge is -2.04. The van der Waals surface area contributed by atoms with Crippen LogP contribution in [-0.2, 0) is 4.79 Å². The lowest BCUT2D eigenvalue weighted by Crippen LogP contribution is -2.13. The number of hydrogen-bond acceptors (Lipinski definition) is 8. The Morgan fingerprint density at radius 1 is 1.15 bits per heavy atom. The molecule has 0 aliphatic carbocycles. The molecule has 9 heteroatoms. The number of nitrogens with zero attached hydrogens (tertiary/aromatic N) is 3. The van der Waals surface area contributed by atoms with Gasteiger partial charge in [0.25, 0.3) is 0 Å². The van der Waals surface area contributed by atoms with E-state index in [1.165, 1.54) is 23.1 Å². The molecular weight excluding hydrogens is 382 g/mol. The van der Waals surface area contributed by atoms with Crippen molar-refractivity contribution in [1.82, 2.24) is 10.2 Å². The number of methoxy groups -OCH3 is 1. The maximum atomic E-state index is 12.0. The van der Waals surface area contributed by atoms with Gasteiger partial charge in [-0.2, -0.15) is 5.26 Å². The minimum atomic E-state index is -0.149. The first kappa shape index (κ1) is 18.7. The van der Waals surface area contributed by atoms with Gasteiger partial charge in [-0.15, -0.1) is 10.2 Å². The van der Waals surface area contributed by atoms with Gasteiger partial charge in [-0.25, -0.2) is 0 Å². The topological polar surface area (TPSA) is 99.9 Å². The van der Waals surface area contributed by atoms with Gasteiger partial charge in [0, 0.05) is 11.4 Å². The molecule has 0 aliphatic rings. The van der Waals surface area contributed by atoms with Crippen LogP contribution in [0.1, 0.15) is 5.56 Å². The number of rotatable bonds is 7. The predicted octanol–water partition coefficient (Wildman–Crippen LogP) is 3.89. The summed E-state index contributed by atoms with van der Waals surface area (Å²) in [5.41, 5.74) is 2.08. The molecule has 1 heterocycles. The molecule has 7 nitrogen and oxygen atoms in total. The van der Waals surface area contributed by atoms with Crippen LogP contribution in [0, 0.1) is 11.3 Å². The lowest BCUT2D eigenvalue weighted by atomic mass is 10.2. The molecule has 0 saturated heterocycles. The number of ether oxygens (including phenoxy) is 1. The highest BCUT2D eigenvalue weighted by molar-refractivity contribution is 8.01. The fourth-order valence-corrected chi connectivity index (χ4v) is 3.64. The van der Waals surface area contributed by atoms with Crippen LogP contribution in [0.25, 0.3) is 0 Å². The molecule has 0 radical (unpaired) electrons. The second kappa shape index (κ2) is 9.02. The van der Waals surface area contributed by atoms with Crippen molar-refractivity contribution < 1.29 is 9.53 Å². The highest BCUT2D eigenvalue weighted by Crippen LogP contribution is 2.28. The maximum Gasteiger partial charge on any atom is 0.234 e. The summed E-state index contributed by atoms with van der Waals surface area (Å²) >= 11 is 2.69. The average Bonchev–Trinajstić information content (AvgIpc) is 3.15. The Kier molecular flexibility index (Phi) is 6.25. The Labute approximate surface area is 164 Å². The van der Waals surface area contributed by atoms with E-state index in [0.717, 1.165) is 11.4 Å². The molecule has 1 aromatic heterocycles. The van der Waals surface area contributed by atoms with Crippen LogP contribution in [0.5, 0.6) is 5.75 Å². The van der Waals surface area contributed by atoms with Gasteiger partial charge < -0.3 is 15.4 Å². The number of nitriles is 1. The Morgan fingerprint density at radius 3 is 2.52 bits per heavy atom. The third-order valence-electron chi connectivity index (χ3n) is 3.37. The van der Waals surface area contributed by atoms with Crippen LogP contribution in [0.2, 0.25) is 0 Å². The number of amides is 1. The monoisotopic (exact) mass is 397 g/mol. The molecule has 1 amide bonds. The fourth-order valence-electron chi connectivity index (χ4n) is 2.07. The summed E-state index contributed by atoms with van der Waals surface area (Å²) in [6, 6.07) is 16.2. The lowest BCUT2D eigenvalue weighted by molar-refractivity contribution is -0.113. The average molecular weight is 397 g/mol. The van der Waals surface area contributed by atoms with E-state index in [0.29, 0.717) is 20.7 Å². The van der Waals surface area contributed by atoms with E-state index in [1.54, 1.807) is 31.4 Å². The van der Waals surface area contributed by atoms with Gasteiger partial charge in [0.05, 0.1) is 24.5 Å². The maximum absolute atomic E-state index is 12.0. The van der Waals surface area contributed by atoms with E-state index in [1.807, 2.05) is 30.3 Å². The molecule has 0 spiro atoms. The molecule has 2 N–H and O–H groups in total. The summed E-state index contributed by atoms with van der Waals surface area (Å²) in [4.78, 5) is 12.0. The zero-order chi connectivity index (χ0) is 19.1. The summed E-state index contributed by atoms with van der Waals surface area (Å²) in [5, 5.41) is 23.5. The minimum absolute atomic E-state index is 0.149. The zero-order valence-corrected chi connectivity index (χ0v) is 15.9. The van der Waals surface area contributed by atoms with E-state index < -0.39 is 0 Å². The first-order chi connectivity index (χ1) is 13.2. The van der Waals surface area contributed by atoms with Gasteiger partial charge in [-0.3, -0.25) is 4.79 Å². The molecule has 136 valence electrons. The highest BCUT2D eigenvalue weighted by Gasteiger charge is 2.09. The zero-order valence-electron chi connectivity index (χ0n) is 14.3. The highest BCUT2D eigenvalue weighted by atomic mass is 32.2. The summed E-state index contributed by atoms with van der Waals surface area (Å²) in [6.07, 6.45) is 0. The number of carbonyl (C=O) groups is 1. The number of carbonyl (C=O) groups excluding carboxylic acids is 1. The molecule has 0 saturated carbocycles. The third kappa shape index (κ3) is 5.44. The van der Waals surface area contributed by atoms with Crippen molar-refractivity contribution in [1.29, 1.82) is 5.26 Å².